The molecule has 0 saturated carbocycles. The molecule has 1 aliphatic rings. The summed E-state index contributed by atoms with van der Waals surface area (Å²) in [6.45, 7) is 3.05. The fourth-order valence-electron chi connectivity index (χ4n) is 1.80. The Bertz CT molecular complexity index is 594. The van der Waals surface area contributed by atoms with E-state index < -0.39 is 10.0 Å². The molecule has 19 heavy (non-hydrogen) atoms. The van der Waals surface area contributed by atoms with Gasteiger partial charge in [0.2, 0.25) is 15.9 Å². The lowest BCUT2D eigenvalue weighted by atomic mass is 10.0. The highest BCUT2D eigenvalue weighted by Gasteiger charge is 2.25. The van der Waals surface area contributed by atoms with Crippen molar-refractivity contribution in [3.05, 3.63) is 23.8 Å². The number of benzene rings is 1. The van der Waals surface area contributed by atoms with Crippen LogP contribution in [0.1, 0.15) is 5.56 Å². The minimum atomic E-state index is -3.51. The van der Waals surface area contributed by atoms with Gasteiger partial charge in [0.05, 0.1) is 10.8 Å². The van der Waals surface area contributed by atoms with Crippen LogP contribution in [0.15, 0.2) is 23.1 Å². The molecule has 0 atom stereocenters. The van der Waals surface area contributed by atoms with Crippen LogP contribution in [0.4, 0.5) is 5.69 Å². The van der Waals surface area contributed by atoms with Gasteiger partial charge in [0.15, 0.2) is 0 Å². The molecule has 0 aliphatic carbocycles. The molecule has 0 bridgehead atoms. The van der Waals surface area contributed by atoms with Crippen molar-refractivity contribution in [3.8, 4) is 0 Å². The third-order valence-electron chi connectivity index (χ3n) is 3.17. The molecule has 1 fully saturated rings. The van der Waals surface area contributed by atoms with Gasteiger partial charge in [-0.3, -0.25) is 4.79 Å². The molecule has 1 heterocycles. The van der Waals surface area contributed by atoms with Gasteiger partial charge < -0.3 is 10.6 Å². The summed E-state index contributed by atoms with van der Waals surface area (Å²) in [5.74, 6) is -0.124. The normalized spacial score (nSPS) is 15.9. The van der Waals surface area contributed by atoms with Gasteiger partial charge in [0.25, 0.3) is 0 Å². The first-order valence-electron chi connectivity index (χ1n) is 6.00. The molecule has 1 aromatic rings. The summed E-state index contributed by atoms with van der Waals surface area (Å²) in [6.07, 6.45) is 0. The second-order valence-corrected chi connectivity index (χ2v) is 6.39. The zero-order valence-electron chi connectivity index (χ0n) is 10.9. The van der Waals surface area contributed by atoms with E-state index in [0.29, 0.717) is 24.3 Å². The second-order valence-electron chi connectivity index (χ2n) is 4.53. The smallest absolute Gasteiger partial charge is 0.240 e. The molecule has 1 aliphatic heterocycles. The predicted octanol–water partition coefficient (Wildman–Crippen LogP) is 0.0610. The summed E-state index contributed by atoms with van der Waals surface area (Å²) in [6, 6.07) is 4.86. The number of aryl methyl sites for hydroxylation is 1. The largest absolute Gasteiger partial charge is 0.326 e. The molecule has 1 amide bonds. The highest BCUT2D eigenvalue weighted by atomic mass is 32.2. The van der Waals surface area contributed by atoms with Crippen molar-refractivity contribution in [1.29, 1.82) is 0 Å². The molecule has 6 nitrogen and oxygen atoms in total. The lowest BCUT2D eigenvalue weighted by molar-refractivity contribution is -0.121. The molecular weight excluding hydrogens is 266 g/mol. The Balaban J connectivity index is 2.23. The topological polar surface area (TPSA) is 87.3 Å². The van der Waals surface area contributed by atoms with Crippen molar-refractivity contribution in [2.24, 2.45) is 5.92 Å². The number of carbonyl (C=O) groups excluding carboxylic acids is 1. The molecule has 0 unspecified atom stereocenters. The van der Waals surface area contributed by atoms with Gasteiger partial charge in [-0.2, -0.15) is 0 Å². The van der Waals surface area contributed by atoms with Crippen LogP contribution in [-0.4, -0.2) is 34.5 Å². The summed E-state index contributed by atoms with van der Waals surface area (Å²) in [5.41, 5.74) is 1.13. The van der Waals surface area contributed by atoms with E-state index >= 15 is 0 Å². The summed E-state index contributed by atoms with van der Waals surface area (Å²) in [7, 11) is -2.15. The zero-order chi connectivity index (χ0) is 14.0. The van der Waals surface area contributed by atoms with Crippen LogP contribution < -0.4 is 15.4 Å². The molecule has 7 heteroatoms. The van der Waals surface area contributed by atoms with E-state index in [1.165, 1.54) is 13.1 Å². The first-order chi connectivity index (χ1) is 8.94. The van der Waals surface area contributed by atoms with E-state index in [1.807, 2.05) is 0 Å². The van der Waals surface area contributed by atoms with Crippen molar-refractivity contribution in [2.45, 2.75) is 11.8 Å². The fourth-order valence-corrected chi connectivity index (χ4v) is 2.79. The van der Waals surface area contributed by atoms with E-state index in [2.05, 4.69) is 15.4 Å². The number of amides is 1. The molecule has 2 rings (SSSR count). The van der Waals surface area contributed by atoms with Crippen LogP contribution in [0.25, 0.3) is 0 Å². The molecule has 0 aromatic heterocycles. The quantitative estimate of drug-likeness (QED) is 0.729. The number of sulfonamides is 1. The van der Waals surface area contributed by atoms with Crippen LogP contribution in [0.2, 0.25) is 0 Å². The maximum atomic E-state index is 11.8. The van der Waals surface area contributed by atoms with Crippen molar-refractivity contribution < 1.29 is 13.2 Å². The summed E-state index contributed by atoms with van der Waals surface area (Å²) in [5, 5.41) is 5.75. The van der Waals surface area contributed by atoms with E-state index in [1.54, 1.807) is 19.1 Å². The average Bonchev–Trinajstić information content (AvgIpc) is 2.29. The van der Waals surface area contributed by atoms with Gasteiger partial charge in [-0.25, -0.2) is 13.1 Å². The maximum Gasteiger partial charge on any atom is 0.240 e. The maximum absolute atomic E-state index is 11.8. The highest BCUT2D eigenvalue weighted by Crippen LogP contribution is 2.20. The summed E-state index contributed by atoms with van der Waals surface area (Å²) < 4.78 is 25.9. The predicted molar refractivity (Wildman–Crippen MR) is 72.4 cm³/mol. The van der Waals surface area contributed by atoms with Crippen LogP contribution in [0, 0.1) is 12.8 Å². The lowest BCUT2D eigenvalue weighted by Crippen LogP contribution is -2.48. The SMILES string of the molecule is CNS(=O)(=O)c1cc(NC(=O)C2CNC2)ccc1C. The van der Waals surface area contributed by atoms with E-state index in [9.17, 15) is 13.2 Å². The molecular formula is C12H17N3O3S. The van der Waals surface area contributed by atoms with Gasteiger partial charge in [-0.15, -0.1) is 0 Å². The van der Waals surface area contributed by atoms with Crippen molar-refractivity contribution >= 4 is 21.6 Å². The van der Waals surface area contributed by atoms with Gasteiger partial charge in [0.1, 0.15) is 0 Å². The van der Waals surface area contributed by atoms with Crippen molar-refractivity contribution in [3.63, 3.8) is 0 Å². The third-order valence-corrected chi connectivity index (χ3v) is 4.72. The van der Waals surface area contributed by atoms with Crippen LogP contribution >= 0.6 is 0 Å². The molecule has 0 spiro atoms. The summed E-state index contributed by atoms with van der Waals surface area (Å²) >= 11 is 0. The Morgan fingerprint density at radius 1 is 1.37 bits per heavy atom. The molecule has 0 radical (unpaired) electrons. The van der Waals surface area contributed by atoms with Gasteiger partial charge >= 0.3 is 0 Å². The number of hydrogen-bond acceptors (Lipinski definition) is 4. The fraction of sp³-hybridized carbons (Fsp3) is 0.417. The van der Waals surface area contributed by atoms with Crippen molar-refractivity contribution in [2.75, 3.05) is 25.5 Å². The molecule has 1 aromatic carbocycles. The number of carbonyl (C=O) groups is 1. The van der Waals surface area contributed by atoms with Crippen LogP contribution in [-0.2, 0) is 14.8 Å². The van der Waals surface area contributed by atoms with Gasteiger partial charge in [-0.1, -0.05) is 6.07 Å². The monoisotopic (exact) mass is 283 g/mol. The first kappa shape index (κ1) is 14.0. The molecule has 3 N–H and O–H groups in total. The Hall–Kier alpha value is -1.44. The first-order valence-corrected chi connectivity index (χ1v) is 7.48. The number of rotatable bonds is 4. The Morgan fingerprint density at radius 2 is 2.05 bits per heavy atom. The Kier molecular flexibility index (Phi) is 3.88. The number of hydrogen-bond donors (Lipinski definition) is 3. The van der Waals surface area contributed by atoms with Crippen LogP contribution in [0.5, 0.6) is 0 Å². The van der Waals surface area contributed by atoms with Crippen LogP contribution in [0.3, 0.4) is 0 Å². The standard InChI is InChI=1S/C12H17N3O3S/c1-8-3-4-10(5-11(8)19(17,18)13-2)15-12(16)9-6-14-7-9/h3-5,9,13-14H,6-7H2,1-2H3,(H,15,16). The Morgan fingerprint density at radius 3 is 2.58 bits per heavy atom. The van der Waals surface area contributed by atoms with E-state index in [0.717, 1.165) is 0 Å². The van der Waals surface area contributed by atoms with E-state index in [-0.39, 0.29) is 16.7 Å². The zero-order valence-corrected chi connectivity index (χ0v) is 11.7. The average molecular weight is 283 g/mol. The molecule has 1 saturated heterocycles. The second kappa shape index (κ2) is 5.28. The summed E-state index contributed by atoms with van der Waals surface area (Å²) in [4.78, 5) is 12.0. The minimum absolute atomic E-state index is 0.0364. The third kappa shape index (κ3) is 2.94. The van der Waals surface area contributed by atoms with Gasteiger partial charge in [0, 0.05) is 18.8 Å². The molecule has 104 valence electrons. The minimum Gasteiger partial charge on any atom is -0.326 e. The lowest BCUT2D eigenvalue weighted by Gasteiger charge is -2.25. The van der Waals surface area contributed by atoms with Gasteiger partial charge in [-0.05, 0) is 31.7 Å². The highest BCUT2D eigenvalue weighted by molar-refractivity contribution is 7.89. The number of anilines is 1. The Labute approximate surface area is 112 Å². The van der Waals surface area contributed by atoms with Crippen molar-refractivity contribution in [1.82, 2.24) is 10.0 Å². The number of nitrogens with one attached hydrogen (secondary N) is 3. The van der Waals surface area contributed by atoms with E-state index in [4.69, 9.17) is 0 Å².